The summed E-state index contributed by atoms with van der Waals surface area (Å²) in [5.41, 5.74) is 6.44. The molecular weight excluding hydrogens is 577 g/mol. The first-order chi connectivity index (χ1) is 20.4. The molecule has 7 nitrogen and oxygen atoms in total. The van der Waals surface area contributed by atoms with Crippen LogP contribution in [0.1, 0.15) is 49.4 Å². The molecule has 0 aliphatic rings. The zero-order valence-corrected chi connectivity index (χ0v) is 25.1. The van der Waals surface area contributed by atoms with Crippen molar-refractivity contribution in [1.82, 2.24) is 4.98 Å². The van der Waals surface area contributed by atoms with Gasteiger partial charge in [0.25, 0.3) is 0 Å². The fourth-order valence-electron chi connectivity index (χ4n) is 4.42. The van der Waals surface area contributed by atoms with Crippen LogP contribution in [0.4, 0.5) is 0 Å². The van der Waals surface area contributed by atoms with Gasteiger partial charge in [0, 0.05) is 29.9 Å². The second-order valence-corrected chi connectivity index (χ2v) is 10.3. The van der Waals surface area contributed by atoms with Crippen molar-refractivity contribution in [3.8, 4) is 28.4 Å². The van der Waals surface area contributed by atoms with E-state index >= 15 is 0 Å². The largest absolute Gasteiger partial charge is 0.493 e. The molecule has 3 aromatic carbocycles. The number of benzene rings is 3. The fraction of sp³-hybridized carbons (Fsp3) is 0.242. The van der Waals surface area contributed by atoms with Crippen LogP contribution < -0.4 is 14.2 Å². The lowest BCUT2D eigenvalue weighted by molar-refractivity contribution is 0.0600. The van der Waals surface area contributed by atoms with E-state index in [0.29, 0.717) is 41.4 Å². The SMILES string of the molecule is COC(=O)c1cncc(COc2cc(OCc3cccc(-c4cccc(OCCCCl)c4C)c3C)c(Cl)cc2C=O)c1. The van der Waals surface area contributed by atoms with Crippen molar-refractivity contribution in [3.63, 3.8) is 0 Å². The van der Waals surface area contributed by atoms with Crippen molar-refractivity contribution in [2.75, 3.05) is 19.6 Å². The summed E-state index contributed by atoms with van der Waals surface area (Å²) in [5, 5.41) is 0.283. The summed E-state index contributed by atoms with van der Waals surface area (Å²) in [6.07, 6.45) is 4.42. The Hall–Kier alpha value is -4.07. The summed E-state index contributed by atoms with van der Waals surface area (Å²) >= 11 is 12.3. The number of aldehydes is 1. The molecule has 0 N–H and O–H groups in total. The number of hydrogen-bond acceptors (Lipinski definition) is 7. The van der Waals surface area contributed by atoms with Crippen LogP contribution in [0.25, 0.3) is 11.1 Å². The number of rotatable bonds is 13. The van der Waals surface area contributed by atoms with E-state index in [1.807, 2.05) is 31.2 Å². The molecule has 0 spiro atoms. The van der Waals surface area contributed by atoms with Crippen LogP contribution in [0, 0.1) is 13.8 Å². The summed E-state index contributed by atoms with van der Waals surface area (Å²) in [6.45, 7) is 4.97. The Morgan fingerprint density at radius 1 is 0.881 bits per heavy atom. The summed E-state index contributed by atoms with van der Waals surface area (Å²) in [4.78, 5) is 27.6. The van der Waals surface area contributed by atoms with E-state index in [2.05, 4.69) is 24.0 Å². The summed E-state index contributed by atoms with van der Waals surface area (Å²) in [6, 6.07) is 16.8. The molecule has 0 aliphatic carbocycles. The fourth-order valence-corrected chi connectivity index (χ4v) is 4.76. The molecule has 0 fully saturated rings. The highest BCUT2D eigenvalue weighted by Gasteiger charge is 2.15. The number of pyridine rings is 1. The van der Waals surface area contributed by atoms with Crippen molar-refractivity contribution in [1.29, 1.82) is 0 Å². The highest BCUT2D eigenvalue weighted by atomic mass is 35.5. The first kappa shape index (κ1) is 30.9. The molecule has 0 radical (unpaired) electrons. The second-order valence-electron chi connectivity index (χ2n) is 9.50. The molecule has 1 heterocycles. The van der Waals surface area contributed by atoms with Gasteiger partial charge in [-0.25, -0.2) is 4.79 Å². The lowest BCUT2D eigenvalue weighted by Crippen LogP contribution is -2.05. The molecule has 4 rings (SSSR count). The highest BCUT2D eigenvalue weighted by molar-refractivity contribution is 6.32. The topological polar surface area (TPSA) is 84.0 Å². The van der Waals surface area contributed by atoms with Crippen LogP contribution in [0.3, 0.4) is 0 Å². The molecule has 4 aromatic rings. The van der Waals surface area contributed by atoms with Gasteiger partial charge in [0.1, 0.15) is 30.5 Å². The number of methoxy groups -OCH3 is 1. The van der Waals surface area contributed by atoms with E-state index < -0.39 is 5.97 Å². The van der Waals surface area contributed by atoms with Gasteiger partial charge in [0.05, 0.1) is 29.9 Å². The van der Waals surface area contributed by atoms with E-state index in [1.54, 1.807) is 18.3 Å². The summed E-state index contributed by atoms with van der Waals surface area (Å²) in [7, 11) is 1.30. The van der Waals surface area contributed by atoms with Crippen LogP contribution in [-0.4, -0.2) is 36.8 Å². The number of nitrogens with zero attached hydrogens (tertiary/aromatic N) is 1. The maximum atomic E-state index is 11.8. The van der Waals surface area contributed by atoms with Crippen LogP contribution in [0.5, 0.6) is 17.2 Å². The quantitative estimate of drug-likeness (QED) is 0.0663. The third kappa shape index (κ3) is 7.41. The molecule has 1 aromatic heterocycles. The van der Waals surface area contributed by atoms with Gasteiger partial charge in [0.2, 0.25) is 0 Å². The monoisotopic (exact) mass is 607 g/mol. The Morgan fingerprint density at radius 2 is 1.62 bits per heavy atom. The summed E-state index contributed by atoms with van der Waals surface area (Å²) in [5.74, 6) is 1.55. The van der Waals surface area contributed by atoms with Gasteiger partial charge >= 0.3 is 5.97 Å². The van der Waals surface area contributed by atoms with Crippen molar-refractivity contribution in [2.24, 2.45) is 0 Å². The first-order valence-electron chi connectivity index (χ1n) is 13.3. The van der Waals surface area contributed by atoms with E-state index in [0.717, 1.165) is 40.0 Å². The molecule has 0 atom stereocenters. The van der Waals surface area contributed by atoms with Crippen LogP contribution >= 0.6 is 23.2 Å². The highest BCUT2D eigenvalue weighted by Crippen LogP contribution is 2.36. The number of esters is 1. The number of halogens is 2. The lowest BCUT2D eigenvalue weighted by atomic mass is 9.93. The number of hydrogen-bond donors (Lipinski definition) is 0. The minimum absolute atomic E-state index is 0.0644. The molecular formula is C33H31Cl2NO6. The van der Waals surface area contributed by atoms with E-state index in [1.165, 1.54) is 19.4 Å². The average Bonchev–Trinajstić information content (AvgIpc) is 3.01. The van der Waals surface area contributed by atoms with Gasteiger partial charge in [0.15, 0.2) is 6.29 Å². The third-order valence-electron chi connectivity index (χ3n) is 6.74. The zero-order valence-electron chi connectivity index (χ0n) is 23.6. The lowest BCUT2D eigenvalue weighted by Gasteiger charge is -2.17. The molecule has 218 valence electrons. The third-order valence-corrected chi connectivity index (χ3v) is 7.30. The predicted molar refractivity (Wildman–Crippen MR) is 163 cm³/mol. The standard InChI is InChI=1S/C33H31Cl2NO6/c1-21-24(7-4-8-27(21)28-9-5-10-30(22(28)2)40-12-6-11-34)20-42-32-15-31(26(18-37)14-29(32)35)41-19-23-13-25(17-36-16-23)33(38)39-3/h4-5,7-10,13-18H,6,11-12,19-20H2,1-3H3. The molecule has 0 saturated carbocycles. The molecule has 0 saturated heterocycles. The van der Waals surface area contributed by atoms with Crippen molar-refractivity contribution in [3.05, 3.63) is 105 Å². The second kappa shape index (κ2) is 14.7. The number of carbonyl (C=O) groups is 2. The molecule has 0 amide bonds. The van der Waals surface area contributed by atoms with Crippen molar-refractivity contribution >= 4 is 35.5 Å². The van der Waals surface area contributed by atoms with Gasteiger partial charge in [-0.2, -0.15) is 0 Å². The molecule has 0 bridgehead atoms. The van der Waals surface area contributed by atoms with Gasteiger partial charge in [-0.05, 0) is 66.3 Å². The Bertz CT molecular complexity index is 1570. The summed E-state index contributed by atoms with van der Waals surface area (Å²) < 4.78 is 22.7. The molecule has 0 unspecified atom stereocenters. The smallest absolute Gasteiger partial charge is 0.339 e. The first-order valence-corrected chi connectivity index (χ1v) is 14.2. The Balaban J connectivity index is 1.53. The predicted octanol–water partition coefficient (Wildman–Crippen LogP) is 7.78. The number of carbonyl (C=O) groups excluding carboxylic acids is 2. The Morgan fingerprint density at radius 3 is 2.36 bits per heavy atom. The maximum absolute atomic E-state index is 11.8. The van der Waals surface area contributed by atoms with E-state index in [4.69, 9.17) is 42.1 Å². The maximum Gasteiger partial charge on any atom is 0.339 e. The number of aromatic nitrogens is 1. The Labute approximate surface area is 255 Å². The minimum atomic E-state index is -0.502. The average molecular weight is 609 g/mol. The molecule has 42 heavy (non-hydrogen) atoms. The Kier molecular flexibility index (Phi) is 10.8. The van der Waals surface area contributed by atoms with Crippen molar-refractivity contribution in [2.45, 2.75) is 33.5 Å². The van der Waals surface area contributed by atoms with Crippen LogP contribution in [0.2, 0.25) is 5.02 Å². The molecule has 9 heteroatoms. The number of ether oxygens (including phenoxy) is 4. The van der Waals surface area contributed by atoms with Gasteiger partial charge < -0.3 is 18.9 Å². The minimum Gasteiger partial charge on any atom is -0.493 e. The number of alkyl halides is 1. The van der Waals surface area contributed by atoms with Gasteiger partial charge in [-0.15, -0.1) is 11.6 Å². The molecule has 0 aliphatic heterocycles. The van der Waals surface area contributed by atoms with Crippen molar-refractivity contribution < 1.29 is 28.5 Å². The van der Waals surface area contributed by atoms with E-state index in [-0.39, 0.29) is 23.8 Å². The zero-order chi connectivity index (χ0) is 30.1. The normalized spacial score (nSPS) is 10.7. The van der Waals surface area contributed by atoms with Crippen LogP contribution in [0.15, 0.2) is 67.0 Å². The van der Waals surface area contributed by atoms with E-state index in [9.17, 15) is 9.59 Å². The van der Waals surface area contributed by atoms with Gasteiger partial charge in [-0.1, -0.05) is 41.9 Å². The van der Waals surface area contributed by atoms with Crippen LogP contribution in [-0.2, 0) is 18.0 Å². The van der Waals surface area contributed by atoms with Gasteiger partial charge in [-0.3, -0.25) is 9.78 Å².